The van der Waals surface area contributed by atoms with Crippen LogP contribution in [0.5, 0.6) is 0 Å². The average molecular weight is 357 g/mol. The van der Waals surface area contributed by atoms with Crippen LogP contribution in [0.4, 0.5) is 0 Å². The van der Waals surface area contributed by atoms with Crippen molar-refractivity contribution in [1.29, 1.82) is 0 Å². The van der Waals surface area contributed by atoms with E-state index in [0.717, 1.165) is 29.9 Å². The molecule has 0 bridgehead atoms. The minimum absolute atomic E-state index is 0.327. The van der Waals surface area contributed by atoms with Crippen LogP contribution in [0.2, 0.25) is 0 Å². The van der Waals surface area contributed by atoms with Gasteiger partial charge in [-0.3, -0.25) is 4.99 Å². The molecule has 6 nitrogen and oxygen atoms in total. The summed E-state index contributed by atoms with van der Waals surface area (Å²) < 4.78 is 3.19. The van der Waals surface area contributed by atoms with E-state index < -0.39 is 6.10 Å². The molecule has 1 atom stereocenters. The van der Waals surface area contributed by atoms with Gasteiger partial charge in [0.25, 0.3) is 0 Å². The van der Waals surface area contributed by atoms with E-state index in [1.807, 2.05) is 35.9 Å². The first kappa shape index (κ1) is 17.4. The normalized spacial score (nSPS) is 13.1. The molecule has 132 valence electrons. The first-order valence-electron chi connectivity index (χ1n) is 8.40. The van der Waals surface area contributed by atoms with E-state index in [4.69, 9.17) is 0 Å². The Morgan fingerprint density at radius 1 is 1.36 bits per heavy atom. The van der Waals surface area contributed by atoms with Crippen LogP contribution in [0, 0.1) is 0 Å². The Kier molecular flexibility index (Phi) is 6.03. The second kappa shape index (κ2) is 8.64. The van der Waals surface area contributed by atoms with Gasteiger partial charge in [-0.2, -0.15) is 0 Å². The van der Waals surface area contributed by atoms with Gasteiger partial charge in [0.05, 0.1) is 12.9 Å². The summed E-state index contributed by atoms with van der Waals surface area (Å²) in [4.78, 5) is 9.47. The fourth-order valence-electron chi connectivity index (χ4n) is 2.50. The molecule has 3 aromatic rings. The highest BCUT2D eigenvalue weighted by Crippen LogP contribution is 2.29. The van der Waals surface area contributed by atoms with Crippen LogP contribution in [0.3, 0.4) is 0 Å². The number of hydrogen-bond acceptors (Lipinski definition) is 4. The molecule has 1 unspecified atom stereocenters. The lowest BCUT2D eigenvalue weighted by Crippen LogP contribution is -2.39. The van der Waals surface area contributed by atoms with Gasteiger partial charge >= 0.3 is 0 Å². The van der Waals surface area contributed by atoms with Crippen LogP contribution in [0.25, 0.3) is 10.1 Å². The summed E-state index contributed by atoms with van der Waals surface area (Å²) in [7, 11) is 0. The van der Waals surface area contributed by atoms with E-state index in [9.17, 15) is 5.11 Å². The number of thiophene rings is 1. The summed E-state index contributed by atoms with van der Waals surface area (Å²) in [6.45, 7) is 4.67. The first-order chi connectivity index (χ1) is 12.3. The van der Waals surface area contributed by atoms with Crippen molar-refractivity contribution in [3.63, 3.8) is 0 Å². The average Bonchev–Trinajstić information content (AvgIpc) is 3.28. The second-order valence-electron chi connectivity index (χ2n) is 5.65. The molecule has 0 amide bonds. The number of benzene rings is 1. The molecule has 0 saturated heterocycles. The monoisotopic (exact) mass is 357 g/mol. The number of aliphatic imine (C=N–C) groups is 1. The van der Waals surface area contributed by atoms with Gasteiger partial charge < -0.3 is 20.3 Å². The summed E-state index contributed by atoms with van der Waals surface area (Å²) in [6.07, 6.45) is 4.88. The lowest BCUT2D eigenvalue weighted by molar-refractivity contribution is 0.191. The zero-order valence-electron chi connectivity index (χ0n) is 14.2. The number of fused-ring (bicyclic) bond motifs is 1. The fraction of sp³-hybridized carbons (Fsp3) is 0.333. The Hall–Kier alpha value is -2.38. The summed E-state index contributed by atoms with van der Waals surface area (Å²) in [5, 5.41) is 18.1. The Morgan fingerprint density at radius 2 is 2.24 bits per heavy atom. The first-order valence-corrected chi connectivity index (χ1v) is 9.22. The van der Waals surface area contributed by atoms with E-state index in [1.54, 1.807) is 23.9 Å². The number of aromatic nitrogens is 2. The van der Waals surface area contributed by atoms with E-state index in [0.29, 0.717) is 12.5 Å². The van der Waals surface area contributed by atoms with Crippen molar-refractivity contribution in [3.05, 3.63) is 53.9 Å². The lowest BCUT2D eigenvalue weighted by Gasteiger charge is -2.12. The molecule has 1 aromatic carbocycles. The molecule has 3 rings (SSSR count). The summed E-state index contributed by atoms with van der Waals surface area (Å²) >= 11 is 1.62. The molecule has 2 aromatic heterocycles. The van der Waals surface area contributed by atoms with Crippen molar-refractivity contribution < 1.29 is 5.11 Å². The molecule has 0 aliphatic rings. The Morgan fingerprint density at radius 3 is 3.00 bits per heavy atom. The Balaban J connectivity index is 1.57. The van der Waals surface area contributed by atoms with Crippen LogP contribution in [-0.2, 0) is 6.54 Å². The third-order valence-electron chi connectivity index (χ3n) is 3.76. The summed E-state index contributed by atoms with van der Waals surface area (Å²) in [5.41, 5.74) is 0. The second-order valence-corrected chi connectivity index (χ2v) is 6.76. The quantitative estimate of drug-likeness (QED) is 0.448. The van der Waals surface area contributed by atoms with Crippen molar-refractivity contribution >= 4 is 27.4 Å². The molecule has 25 heavy (non-hydrogen) atoms. The molecule has 0 fully saturated rings. The standard InChI is InChI=1S/C18H23N5OS/c1-2-20-18(21-8-10-23-9-7-19-13-23)22-12-15(24)17-11-14-5-3-4-6-16(14)25-17/h3-7,9,11,13,15,24H,2,8,10,12H2,1H3,(H2,20,21,22). The molecular weight excluding hydrogens is 334 g/mol. The largest absolute Gasteiger partial charge is 0.386 e. The number of guanidine groups is 1. The van der Waals surface area contributed by atoms with E-state index in [2.05, 4.69) is 32.7 Å². The maximum absolute atomic E-state index is 10.4. The smallest absolute Gasteiger partial charge is 0.191 e. The highest BCUT2D eigenvalue weighted by molar-refractivity contribution is 7.19. The molecule has 0 spiro atoms. The molecule has 0 aliphatic carbocycles. The van der Waals surface area contributed by atoms with Gasteiger partial charge in [-0.15, -0.1) is 11.3 Å². The topological polar surface area (TPSA) is 74.5 Å². The van der Waals surface area contributed by atoms with Crippen LogP contribution < -0.4 is 10.6 Å². The minimum atomic E-state index is -0.596. The zero-order chi connectivity index (χ0) is 17.5. The maximum atomic E-state index is 10.4. The Labute approximate surface area is 151 Å². The molecule has 7 heteroatoms. The molecular formula is C18H23N5OS. The van der Waals surface area contributed by atoms with Crippen molar-refractivity contribution in [2.24, 2.45) is 4.99 Å². The molecule has 0 radical (unpaired) electrons. The number of rotatable bonds is 7. The third kappa shape index (κ3) is 4.80. The highest BCUT2D eigenvalue weighted by atomic mass is 32.1. The van der Waals surface area contributed by atoms with Gasteiger partial charge in [0.15, 0.2) is 5.96 Å². The van der Waals surface area contributed by atoms with Crippen LogP contribution >= 0.6 is 11.3 Å². The van der Waals surface area contributed by atoms with E-state index >= 15 is 0 Å². The van der Waals surface area contributed by atoms with Gasteiger partial charge in [-0.05, 0) is 24.4 Å². The zero-order valence-corrected chi connectivity index (χ0v) is 15.0. The number of aliphatic hydroxyl groups excluding tert-OH is 1. The fourth-order valence-corrected chi connectivity index (χ4v) is 3.54. The van der Waals surface area contributed by atoms with E-state index in [-0.39, 0.29) is 0 Å². The molecule has 0 aliphatic heterocycles. The van der Waals surface area contributed by atoms with Gasteiger partial charge in [-0.25, -0.2) is 4.98 Å². The van der Waals surface area contributed by atoms with Crippen molar-refractivity contribution in [2.75, 3.05) is 19.6 Å². The van der Waals surface area contributed by atoms with Gasteiger partial charge in [-0.1, -0.05) is 18.2 Å². The predicted octanol–water partition coefficient (Wildman–Crippen LogP) is 2.39. The van der Waals surface area contributed by atoms with Gasteiger partial charge in [0.1, 0.15) is 6.10 Å². The third-order valence-corrected chi connectivity index (χ3v) is 4.98. The van der Waals surface area contributed by atoms with Crippen molar-refractivity contribution in [2.45, 2.75) is 19.6 Å². The molecule has 3 N–H and O–H groups in total. The molecule has 2 heterocycles. The summed E-state index contributed by atoms with van der Waals surface area (Å²) in [6, 6.07) is 10.2. The van der Waals surface area contributed by atoms with Crippen molar-refractivity contribution in [1.82, 2.24) is 20.2 Å². The summed E-state index contributed by atoms with van der Waals surface area (Å²) in [5.74, 6) is 0.711. The van der Waals surface area contributed by atoms with Gasteiger partial charge in [0.2, 0.25) is 0 Å². The highest BCUT2D eigenvalue weighted by Gasteiger charge is 2.11. The number of aliphatic hydroxyl groups is 1. The van der Waals surface area contributed by atoms with Gasteiger partial charge in [0, 0.05) is 41.6 Å². The number of nitrogens with one attached hydrogen (secondary N) is 2. The number of hydrogen-bond donors (Lipinski definition) is 3. The number of nitrogens with zero attached hydrogens (tertiary/aromatic N) is 3. The minimum Gasteiger partial charge on any atom is -0.386 e. The number of imidazole rings is 1. The SMILES string of the molecule is CCNC(=NCC(O)c1cc2ccccc2s1)NCCn1ccnc1. The van der Waals surface area contributed by atoms with Crippen LogP contribution in [0.1, 0.15) is 17.9 Å². The predicted molar refractivity (Wildman–Crippen MR) is 103 cm³/mol. The lowest BCUT2D eigenvalue weighted by atomic mass is 10.2. The molecule has 0 saturated carbocycles. The van der Waals surface area contributed by atoms with Crippen LogP contribution in [0.15, 0.2) is 54.0 Å². The Bertz CT molecular complexity index is 779. The van der Waals surface area contributed by atoms with Crippen molar-refractivity contribution in [3.8, 4) is 0 Å². The maximum Gasteiger partial charge on any atom is 0.191 e. The van der Waals surface area contributed by atoms with Crippen LogP contribution in [-0.4, -0.2) is 40.3 Å². The van der Waals surface area contributed by atoms with E-state index in [1.165, 1.54) is 4.70 Å².